The second kappa shape index (κ2) is 4.63. The van der Waals surface area contributed by atoms with E-state index in [4.69, 9.17) is 11.1 Å². The molecule has 1 saturated heterocycles. The predicted molar refractivity (Wildman–Crippen MR) is 59.0 cm³/mol. The molecule has 86 valence electrons. The maximum Gasteiger partial charge on any atom is 0.209 e. The number of hydrogen-bond donors (Lipinski definition) is 3. The van der Waals surface area contributed by atoms with Crippen LogP contribution in [0.2, 0.25) is 0 Å². The van der Waals surface area contributed by atoms with Crippen molar-refractivity contribution in [1.29, 1.82) is 5.41 Å². The summed E-state index contributed by atoms with van der Waals surface area (Å²) in [7, 11) is -3.16. The van der Waals surface area contributed by atoms with E-state index in [2.05, 4.69) is 4.72 Å². The minimum atomic E-state index is -3.16. The molecule has 1 rings (SSSR count). The van der Waals surface area contributed by atoms with E-state index in [0.29, 0.717) is 25.3 Å². The smallest absolute Gasteiger partial charge is 0.209 e. The third kappa shape index (κ3) is 3.88. The highest BCUT2D eigenvalue weighted by molar-refractivity contribution is 7.88. The van der Waals surface area contributed by atoms with Crippen LogP contribution in [0.15, 0.2) is 12.3 Å². The zero-order valence-electron chi connectivity index (χ0n) is 8.60. The van der Waals surface area contributed by atoms with Gasteiger partial charge in [0.05, 0.1) is 6.26 Å². The van der Waals surface area contributed by atoms with Gasteiger partial charge in [0.15, 0.2) is 0 Å². The molecule has 0 radical (unpaired) electrons. The predicted octanol–water partition coefficient (Wildman–Crippen LogP) is -0.940. The number of amidine groups is 1. The molecule has 0 aliphatic carbocycles. The minimum absolute atomic E-state index is 0.105. The van der Waals surface area contributed by atoms with E-state index in [1.807, 2.05) is 0 Å². The summed E-state index contributed by atoms with van der Waals surface area (Å²) in [6.07, 6.45) is 4.65. The Morgan fingerprint density at radius 1 is 1.67 bits per heavy atom. The Morgan fingerprint density at radius 3 is 2.87 bits per heavy atom. The molecule has 0 aromatic rings. The van der Waals surface area contributed by atoms with Crippen molar-refractivity contribution < 1.29 is 8.42 Å². The van der Waals surface area contributed by atoms with Crippen molar-refractivity contribution in [2.45, 2.75) is 12.5 Å². The fourth-order valence-corrected chi connectivity index (χ4v) is 2.37. The van der Waals surface area contributed by atoms with Gasteiger partial charge in [-0.3, -0.25) is 5.41 Å². The Hall–Kier alpha value is -1.08. The van der Waals surface area contributed by atoms with Crippen molar-refractivity contribution in [1.82, 2.24) is 9.62 Å². The SMILES string of the molecule is CS(=O)(=O)NC1CCN(C(=N)/C=C\N)C1. The largest absolute Gasteiger partial charge is 0.404 e. The van der Waals surface area contributed by atoms with E-state index in [-0.39, 0.29) is 6.04 Å². The van der Waals surface area contributed by atoms with Gasteiger partial charge in [-0.15, -0.1) is 0 Å². The Morgan fingerprint density at radius 2 is 2.33 bits per heavy atom. The van der Waals surface area contributed by atoms with Gasteiger partial charge in [0, 0.05) is 19.1 Å². The lowest BCUT2D eigenvalue weighted by Crippen LogP contribution is -2.37. The summed E-state index contributed by atoms with van der Waals surface area (Å²) in [5.41, 5.74) is 5.17. The molecule has 0 amide bonds. The van der Waals surface area contributed by atoms with Crippen LogP contribution in [0.3, 0.4) is 0 Å². The van der Waals surface area contributed by atoms with Crippen LogP contribution in [0.5, 0.6) is 0 Å². The first-order chi connectivity index (χ1) is 6.92. The summed E-state index contributed by atoms with van der Waals surface area (Å²) < 4.78 is 24.5. The molecule has 15 heavy (non-hydrogen) atoms. The lowest BCUT2D eigenvalue weighted by molar-refractivity contribution is 0.498. The molecule has 7 heteroatoms. The monoisotopic (exact) mass is 232 g/mol. The first-order valence-corrected chi connectivity index (χ1v) is 6.50. The number of nitrogens with zero attached hydrogens (tertiary/aromatic N) is 1. The van der Waals surface area contributed by atoms with E-state index >= 15 is 0 Å². The van der Waals surface area contributed by atoms with E-state index < -0.39 is 10.0 Å². The van der Waals surface area contributed by atoms with E-state index in [1.165, 1.54) is 12.3 Å². The van der Waals surface area contributed by atoms with Crippen molar-refractivity contribution >= 4 is 15.9 Å². The molecule has 1 atom stereocenters. The van der Waals surface area contributed by atoms with Crippen molar-refractivity contribution in [3.05, 3.63) is 12.3 Å². The zero-order chi connectivity index (χ0) is 11.5. The maximum atomic E-state index is 11.0. The molecule has 4 N–H and O–H groups in total. The Kier molecular flexibility index (Phi) is 3.70. The number of rotatable bonds is 3. The normalized spacial score (nSPS) is 22.5. The molecule has 0 saturated carbocycles. The summed E-state index contributed by atoms with van der Waals surface area (Å²) in [5, 5.41) is 7.59. The van der Waals surface area contributed by atoms with Gasteiger partial charge in [-0.2, -0.15) is 0 Å². The van der Waals surface area contributed by atoms with Crippen molar-refractivity contribution in [2.24, 2.45) is 5.73 Å². The van der Waals surface area contributed by atoms with Crippen molar-refractivity contribution in [2.75, 3.05) is 19.3 Å². The second-order valence-electron chi connectivity index (χ2n) is 3.57. The summed E-state index contributed by atoms with van der Waals surface area (Å²) in [6.45, 7) is 1.20. The van der Waals surface area contributed by atoms with Crippen LogP contribution in [-0.2, 0) is 10.0 Å². The van der Waals surface area contributed by atoms with Crippen molar-refractivity contribution in [3.63, 3.8) is 0 Å². The summed E-state index contributed by atoms with van der Waals surface area (Å²) in [6, 6.07) is -0.105. The van der Waals surface area contributed by atoms with E-state index in [1.54, 1.807) is 4.90 Å². The maximum absolute atomic E-state index is 11.0. The lowest BCUT2D eigenvalue weighted by atomic mass is 10.3. The molecule has 1 aliphatic heterocycles. The standard InChI is InChI=1S/C8H16N4O2S/c1-15(13,14)11-7-3-5-12(6-7)8(10)2-4-9/h2,4,7,10-11H,3,5-6,9H2,1H3/b4-2-,10-8?. The van der Waals surface area contributed by atoms with Crippen LogP contribution in [0.4, 0.5) is 0 Å². The van der Waals surface area contributed by atoms with Crippen LogP contribution >= 0.6 is 0 Å². The molecular weight excluding hydrogens is 216 g/mol. The zero-order valence-corrected chi connectivity index (χ0v) is 9.42. The van der Waals surface area contributed by atoms with Crippen LogP contribution in [0.1, 0.15) is 6.42 Å². The molecule has 0 bridgehead atoms. The highest BCUT2D eigenvalue weighted by Gasteiger charge is 2.25. The quantitative estimate of drug-likeness (QED) is 0.432. The van der Waals surface area contributed by atoms with Crippen LogP contribution in [-0.4, -0.2) is 44.5 Å². The molecule has 0 spiro atoms. The van der Waals surface area contributed by atoms with Gasteiger partial charge < -0.3 is 10.6 Å². The fraction of sp³-hybridized carbons (Fsp3) is 0.625. The first-order valence-electron chi connectivity index (χ1n) is 4.61. The second-order valence-corrected chi connectivity index (χ2v) is 5.35. The Balaban J connectivity index is 2.49. The van der Waals surface area contributed by atoms with Gasteiger partial charge in [0.1, 0.15) is 5.84 Å². The lowest BCUT2D eigenvalue weighted by Gasteiger charge is -2.16. The number of sulfonamides is 1. The minimum Gasteiger partial charge on any atom is -0.404 e. The number of nitrogens with two attached hydrogens (primary N) is 1. The van der Waals surface area contributed by atoms with Gasteiger partial charge in [0.2, 0.25) is 10.0 Å². The van der Waals surface area contributed by atoms with Gasteiger partial charge in [0.25, 0.3) is 0 Å². The number of likely N-dealkylation sites (tertiary alicyclic amines) is 1. The molecular formula is C8H16N4O2S. The van der Waals surface area contributed by atoms with Crippen LogP contribution in [0.25, 0.3) is 0 Å². The molecule has 0 aromatic carbocycles. The summed E-state index contributed by atoms with van der Waals surface area (Å²) in [5.74, 6) is 0.315. The van der Waals surface area contributed by atoms with Gasteiger partial charge in [-0.1, -0.05) is 0 Å². The average Bonchev–Trinajstić information content (AvgIpc) is 2.50. The first kappa shape index (κ1) is 12.0. The Bertz CT molecular complexity index is 363. The van der Waals surface area contributed by atoms with Gasteiger partial charge in [-0.05, 0) is 18.7 Å². The fourth-order valence-electron chi connectivity index (χ4n) is 1.57. The third-order valence-electron chi connectivity index (χ3n) is 2.16. The molecule has 1 unspecified atom stereocenters. The van der Waals surface area contributed by atoms with Crippen LogP contribution < -0.4 is 10.5 Å². The number of hydrogen-bond acceptors (Lipinski definition) is 4. The molecule has 1 heterocycles. The highest BCUT2D eigenvalue weighted by atomic mass is 32.2. The third-order valence-corrected chi connectivity index (χ3v) is 2.93. The van der Waals surface area contributed by atoms with Gasteiger partial charge in [-0.25, -0.2) is 13.1 Å². The summed E-state index contributed by atoms with van der Waals surface area (Å²) >= 11 is 0. The van der Waals surface area contributed by atoms with Gasteiger partial charge >= 0.3 is 0 Å². The number of nitrogens with one attached hydrogen (secondary N) is 2. The molecule has 1 aliphatic rings. The van der Waals surface area contributed by atoms with Crippen molar-refractivity contribution in [3.8, 4) is 0 Å². The molecule has 6 nitrogen and oxygen atoms in total. The molecule has 0 aromatic heterocycles. The summed E-state index contributed by atoms with van der Waals surface area (Å²) in [4.78, 5) is 1.78. The Labute approximate surface area is 89.7 Å². The van der Waals surface area contributed by atoms with Crippen LogP contribution in [0, 0.1) is 5.41 Å². The highest BCUT2D eigenvalue weighted by Crippen LogP contribution is 2.10. The van der Waals surface area contributed by atoms with E-state index in [0.717, 1.165) is 6.26 Å². The topological polar surface area (TPSA) is 99.3 Å². The van der Waals surface area contributed by atoms with E-state index in [9.17, 15) is 8.42 Å². The average molecular weight is 232 g/mol. The molecule has 1 fully saturated rings.